The van der Waals surface area contributed by atoms with Gasteiger partial charge in [-0.1, -0.05) is 0 Å². The maximum Gasteiger partial charge on any atom is 0.225 e. The Hall–Kier alpha value is -0.610. The van der Waals surface area contributed by atoms with Crippen LogP contribution in [0.5, 0.6) is 0 Å². The van der Waals surface area contributed by atoms with E-state index in [2.05, 4.69) is 0 Å². The molecule has 0 radical (unpaired) electrons. The van der Waals surface area contributed by atoms with Gasteiger partial charge in [0.2, 0.25) is 5.91 Å². The molecule has 0 bridgehead atoms. The molecule has 1 aliphatic rings. The van der Waals surface area contributed by atoms with E-state index in [0.717, 1.165) is 0 Å². The summed E-state index contributed by atoms with van der Waals surface area (Å²) in [5.74, 6) is 0.00968. The lowest BCUT2D eigenvalue weighted by Crippen LogP contribution is -2.39. The normalized spacial score (nSPS) is 27.7. The second-order valence-electron chi connectivity index (χ2n) is 2.99. The number of hydrogen-bond donors (Lipinski definition) is 2. The van der Waals surface area contributed by atoms with Gasteiger partial charge >= 0.3 is 0 Å². The lowest BCUT2D eigenvalue weighted by Gasteiger charge is -2.22. The maximum absolute atomic E-state index is 11.1. The Bertz CT molecular complexity index is 161. The monoisotopic (exact) mass is 158 g/mol. The van der Waals surface area contributed by atoms with Gasteiger partial charge in [0, 0.05) is 19.1 Å². The van der Waals surface area contributed by atoms with E-state index in [0.29, 0.717) is 13.1 Å². The van der Waals surface area contributed by atoms with Gasteiger partial charge in [-0.05, 0) is 6.92 Å². The van der Waals surface area contributed by atoms with Crippen LogP contribution in [0.1, 0.15) is 13.3 Å². The molecule has 0 aromatic rings. The van der Waals surface area contributed by atoms with Gasteiger partial charge in [0.15, 0.2) is 0 Å². The molecule has 2 atom stereocenters. The minimum absolute atomic E-state index is 0.00968. The van der Waals surface area contributed by atoms with Gasteiger partial charge in [-0.2, -0.15) is 0 Å². The van der Waals surface area contributed by atoms with E-state index in [9.17, 15) is 4.79 Å². The fourth-order valence-electron chi connectivity index (χ4n) is 1.27. The molecule has 4 nitrogen and oxygen atoms in total. The number of carbonyl (C=O) groups is 1. The fraction of sp³-hybridized carbons (Fsp3) is 0.857. The van der Waals surface area contributed by atoms with Crippen molar-refractivity contribution in [2.75, 3.05) is 13.1 Å². The van der Waals surface area contributed by atoms with Gasteiger partial charge in [-0.15, -0.1) is 0 Å². The van der Waals surface area contributed by atoms with Crippen LogP contribution in [0.3, 0.4) is 0 Å². The first kappa shape index (κ1) is 8.49. The summed E-state index contributed by atoms with van der Waals surface area (Å²) in [7, 11) is 0. The van der Waals surface area contributed by atoms with Gasteiger partial charge in [0.25, 0.3) is 0 Å². The number of nitrogens with two attached hydrogens (primary N) is 1. The highest BCUT2D eigenvalue weighted by atomic mass is 16.3. The Morgan fingerprint density at radius 3 is 2.91 bits per heavy atom. The summed E-state index contributed by atoms with van der Waals surface area (Å²) in [6, 6.07) is 0.0552. The summed E-state index contributed by atoms with van der Waals surface area (Å²) >= 11 is 0. The first-order chi connectivity index (χ1) is 5.15. The van der Waals surface area contributed by atoms with Crippen LogP contribution in [0.2, 0.25) is 0 Å². The summed E-state index contributed by atoms with van der Waals surface area (Å²) in [5, 5.41) is 9.11. The van der Waals surface area contributed by atoms with Crippen molar-refractivity contribution in [1.82, 2.24) is 4.90 Å². The summed E-state index contributed by atoms with van der Waals surface area (Å²) < 4.78 is 0. The van der Waals surface area contributed by atoms with Crippen LogP contribution in [-0.4, -0.2) is 41.1 Å². The van der Waals surface area contributed by atoms with Crippen molar-refractivity contribution in [3.05, 3.63) is 0 Å². The summed E-state index contributed by atoms with van der Waals surface area (Å²) in [4.78, 5) is 12.7. The number of rotatable bonds is 2. The van der Waals surface area contributed by atoms with Crippen molar-refractivity contribution >= 4 is 5.91 Å². The number of amides is 1. The summed E-state index contributed by atoms with van der Waals surface area (Å²) in [5.41, 5.74) is 5.38. The molecule has 1 heterocycles. The molecule has 1 saturated heterocycles. The Morgan fingerprint density at radius 2 is 2.55 bits per heavy atom. The molecule has 0 aromatic carbocycles. The molecule has 0 aromatic heterocycles. The van der Waals surface area contributed by atoms with E-state index in [-0.39, 0.29) is 18.4 Å². The highest BCUT2D eigenvalue weighted by Crippen LogP contribution is 2.13. The van der Waals surface area contributed by atoms with Gasteiger partial charge in [0.05, 0.1) is 12.5 Å². The molecule has 64 valence electrons. The van der Waals surface area contributed by atoms with Crippen molar-refractivity contribution in [3.63, 3.8) is 0 Å². The SMILES string of the molecule is CC(CN)N1CC(O)CC1=O. The largest absolute Gasteiger partial charge is 0.391 e. The van der Waals surface area contributed by atoms with Crippen molar-refractivity contribution in [2.24, 2.45) is 5.73 Å². The van der Waals surface area contributed by atoms with Crippen LogP contribution in [0, 0.1) is 0 Å². The Kier molecular flexibility index (Phi) is 2.46. The molecule has 1 rings (SSSR count). The van der Waals surface area contributed by atoms with E-state index in [1.165, 1.54) is 0 Å². The average molecular weight is 158 g/mol. The molecule has 1 amide bonds. The second-order valence-corrected chi connectivity index (χ2v) is 2.99. The van der Waals surface area contributed by atoms with Crippen molar-refractivity contribution in [3.8, 4) is 0 Å². The third kappa shape index (κ3) is 1.70. The van der Waals surface area contributed by atoms with E-state index >= 15 is 0 Å². The molecular weight excluding hydrogens is 144 g/mol. The van der Waals surface area contributed by atoms with E-state index < -0.39 is 6.10 Å². The third-order valence-electron chi connectivity index (χ3n) is 2.01. The fourth-order valence-corrected chi connectivity index (χ4v) is 1.27. The van der Waals surface area contributed by atoms with Gasteiger partial charge in [-0.3, -0.25) is 4.79 Å². The van der Waals surface area contributed by atoms with E-state index in [1.54, 1.807) is 4.90 Å². The smallest absolute Gasteiger partial charge is 0.225 e. The average Bonchev–Trinajstić information content (AvgIpc) is 2.28. The molecule has 1 fully saturated rings. The number of nitrogens with zero attached hydrogens (tertiary/aromatic N) is 1. The molecular formula is C7H14N2O2. The quantitative estimate of drug-likeness (QED) is 0.537. The zero-order valence-corrected chi connectivity index (χ0v) is 6.66. The Balaban J connectivity index is 2.52. The van der Waals surface area contributed by atoms with Gasteiger partial charge in [0.1, 0.15) is 0 Å². The zero-order valence-electron chi connectivity index (χ0n) is 6.66. The lowest BCUT2D eigenvalue weighted by molar-refractivity contribution is -0.129. The van der Waals surface area contributed by atoms with E-state index in [1.807, 2.05) is 6.92 Å². The standard InChI is InChI=1S/C7H14N2O2/c1-5(3-8)9-4-6(10)2-7(9)11/h5-6,10H,2-4,8H2,1H3. The molecule has 11 heavy (non-hydrogen) atoms. The predicted molar refractivity (Wildman–Crippen MR) is 40.9 cm³/mol. The Morgan fingerprint density at radius 1 is 1.91 bits per heavy atom. The number of aliphatic hydroxyl groups excluding tert-OH is 1. The number of β-amino-alcohol motifs (C(OH)–C–C–N with tert-alkyl or cyclic N) is 1. The van der Waals surface area contributed by atoms with Crippen LogP contribution in [-0.2, 0) is 4.79 Å². The van der Waals surface area contributed by atoms with Crippen LogP contribution < -0.4 is 5.73 Å². The van der Waals surface area contributed by atoms with Crippen LogP contribution >= 0.6 is 0 Å². The number of aliphatic hydroxyl groups is 1. The first-order valence-corrected chi connectivity index (χ1v) is 3.82. The number of carbonyl (C=O) groups excluding carboxylic acids is 1. The molecule has 2 unspecified atom stereocenters. The molecule has 4 heteroatoms. The minimum atomic E-state index is -0.489. The molecule has 0 saturated carbocycles. The zero-order chi connectivity index (χ0) is 8.43. The summed E-state index contributed by atoms with van der Waals surface area (Å²) in [6.45, 7) is 2.78. The second kappa shape index (κ2) is 3.19. The van der Waals surface area contributed by atoms with Crippen molar-refractivity contribution < 1.29 is 9.90 Å². The molecule has 3 N–H and O–H groups in total. The topological polar surface area (TPSA) is 66.6 Å². The minimum Gasteiger partial charge on any atom is -0.391 e. The highest BCUT2D eigenvalue weighted by molar-refractivity contribution is 5.79. The maximum atomic E-state index is 11.1. The molecule has 0 spiro atoms. The van der Waals surface area contributed by atoms with Gasteiger partial charge < -0.3 is 15.7 Å². The van der Waals surface area contributed by atoms with Crippen molar-refractivity contribution in [1.29, 1.82) is 0 Å². The van der Waals surface area contributed by atoms with Crippen LogP contribution in [0.4, 0.5) is 0 Å². The highest BCUT2D eigenvalue weighted by Gasteiger charge is 2.30. The molecule has 1 aliphatic heterocycles. The van der Waals surface area contributed by atoms with Crippen LogP contribution in [0.25, 0.3) is 0 Å². The lowest BCUT2D eigenvalue weighted by atomic mass is 10.3. The third-order valence-corrected chi connectivity index (χ3v) is 2.01. The Labute approximate surface area is 66.0 Å². The number of hydrogen-bond acceptors (Lipinski definition) is 3. The van der Waals surface area contributed by atoms with Crippen LogP contribution in [0.15, 0.2) is 0 Å². The summed E-state index contributed by atoms with van der Waals surface area (Å²) in [6.07, 6.45) is -0.235. The number of likely N-dealkylation sites (tertiary alicyclic amines) is 1. The van der Waals surface area contributed by atoms with Crippen molar-refractivity contribution in [2.45, 2.75) is 25.5 Å². The molecule has 0 aliphatic carbocycles. The first-order valence-electron chi connectivity index (χ1n) is 3.82. The predicted octanol–water partition coefficient (Wildman–Crippen LogP) is -1.07. The van der Waals surface area contributed by atoms with Gasteiger partial charge in [-0.25, -0.2) is 0 Å². The van der Waals surface area contributed by atoms with E-state index in [4.69, 9.17) is 10.8 Å².